The molecule has 2 spiro atoms. The van der Waals surface area contributed by atoms with E-state index >= 15 is 0 Å². The zero-order valence-corrected chi connectivity index (χ0v) is 29.1. The van der Waals surface area contributed by atoms with Crippen LogP contribution in [0.3, 0.4) is 0 Å². The van der Waals surface area contributed by atoms with E-state index in [1.807, 2.05) is 0 Å². The van der Waals surface area contributed by atoms with Gasteiger partial charge in [-0.15, -0.1) is 0 Å². The summed E-state index contributed by atoms with van der Waals surface area (Å²) in [5.41, 5.74) is 10.7. The van der Waals surface area contributed by atoms with Gasteiger partial charge < -0.3 is 31.2 Å². The van der Waals surface area contributed by atoms with Crippen molar-refractivity contribution in [2.45, 2.75) is 75.4 Å². The van der Waals surface area contributed by atoms with Gasteiger partial charge in [0.25, 0.3) is 0 Å². The van der Waals surface area contributed by atoms with Crippen LogP contribution >= 0.6 is 0 Å². The highest BCUT2D eigenvalue weighted by Gasteiger charge is 2.44. The Morgan fingerprint density at radius 2 is 1.35 bits per heavy atom. The second-order valence-electron chi connectivity index (χ2n) is 14.6. The number of hydrogen-bond donors (Lipinski definition) is 7. The fraction of sp³-hybridized carbons (Fsp3) is 0.463. The van der Waals surface area contributed by atoms with Gasteiger partial charge in [-0.05, 0) is 104 Å². The van der Waals surface area contributed by atoms with Gasteiger partial charge in [-0.1, -0.05) is 66.7 Å². The Balaban J connectivity index is 0.000000104. The third-order valence-corrected chi connectivity index (χ3v) is 11.7. The topological polar surface area (TPSA) is 97.4 Å². The number of piperidine rings is 2. The molecule has 6 heterocycles. The molecule has 4 aromatic rings. The van der Waals surface area contributed by atoms with Crippen molar-refractivity contribution >= 4 is 16.8 Å². The van der Waals surface area contributed by atoms with E-state index < -0.39 is 0 Å². The Bertz CT molecular complexity index is 1670. The summed E-state index contributed by atoms with van der Waals surface area (Å²) in [7, 11) is 3.93. The minimum Gasteiger partial charge on any atom is -0.468 e. The van der Waals surface area contributed by atoms with Gasteiger partial charge in [0, 0.05) is 42.5 Å². The van der Waals surface area contributed by atoms with E-state index in [9.17, 15) is 4.79 Å². The van der Waals surface area contributed by atoms with Crippen molar-refractivity contribution in [3.63, 3.8) is 0 Å². The number of benzene rings is 3. The third kappa shape index (κ3) is 7.64. The average molecular weight is 662 g/mol. The molecule has 49 heavy (non-hydrogen) atoms. The molecule has 1 aromatic heterocycles. The molecule has 0 saturated carbocycles. The predicted octanol–water partition coefficient (Wildman–Crippen LogP) is 3.27. The first-order valence-corrected chi connectivity index (χ1v) is 18.6. The Hall–Kier alpha value is -3.53. The Morgan fingerprint density at radius 3 is 2.12 bits per heavy atom. The van der Waals surface area contributed by atoms with Gasteiger partial charge >= 0.3 is 0 Å². The molecule has 3 saturated heterocycles. The summed E-state index contributed by atoms with van der Waals surface area (Å²) in [5, 5.41) is 17.6. The maximum atomic E-state index is 11.5. The van der Waals surface area contributed by atoms with Gasteiger partial charge in [-0.3, -0.25) is 10.1 Å². The highest BCUT2D eigenvalue weighted by Crippen LogP contribution is 2.44. The minimum absolute atomic E-state index is 0.176. The largest absolute Gasteiger partial charge is 0.468 e. The van der Waals surface area contributed by atoms with Crippen LogP contribution in [0.25, 0.3) is 10.9 Å². The lowest BCUT2D eigenvalue weighted by Crippen LogP contribution is -3.09. The molecule has 3 aromatic carbocycles. The molecular formula is C41H55N7O. The number of aryl methyl sites for hydroxylation is 1. The molecule has 0 atom stereocenters. The number of amides is 1. The summed E-state index contributed by atoms with van der Waals surface area (Å²) in [5.74, 6) is 0.176. The monoisotopic (exact) mass is 661 g/mol. The van der Waals surface area contributed by atoms with Crippen LogP contribution in [0.2, 0.25) is 0 Å². The molecule has 0 bridgehead atoms. The first-order valence-electron chi connectivity index (χ1n) is 18.6. The van der Waals surface area contributed by atoms with E-state index in [0.29, 0.717) is 12.1 Å². The van der Waals surface area contributed by atoms with E-state index in [-0.39, 0.29) is 11.4 Å². The summed E-state index contributed by atoms with van der Waals surface area (Å²) >= 11 is 0. The number of aromatic amines is 1. The normalized spacial score (nSPS) is 24.6. The number of rotatable bonds is 0. The lowest BCUT2D eigenvalue weighted by atomic mass is 9.74. The Kier molecular flexibility index (Phi) is 10.8. The highest BCUT2D eigenvalue weighted by molar-refractivity contribution is 5.88. The predicted molar refractivity (Wildman–Crippen MR) is 198 cm³/mol. The molecule has 0 unspecified atom stereocenters. The molecule has 10 rings (SSSR count). The number of fused-ring (bicyclic) bond motifs is 6. The van der Waals surface area contributed by atoms with Gasteiger partial charge in [0.15, 0.2) is 0 Å². The lowest BCUT2D eigenvalue weighted by Gasteiger charge is -2.36. The lowest BCUT2D eigenvalue weighted by molar-refractivity contribution is -0.860. The first kappa shape index (κ1) is 33.9. The zero-order chi connectivity index (χ0) is 33.5. The second kappa shape index (κ2) is 15.6. The molecule has 6 aliphatic rings. The molecule has 7 N–H and O–H groups in total. The Labute approximate surface area is 292 Å². The van der Waals surface area contributed by atoms with Crippen molar-refractivity contribution in [3.8, 4) is 0 Å². The van der Waals surface area contributed by atoms with Crippen LogP contribution in [0.5, 0.6) is 0 Å². The fourth-order valence-electron chi connectivity index (χ4n) is 8.71. The molecule has 1 aliphatic carbocycles. The van der Waals surface area contributed by atoms with Crippen LogP contribution in [0.4, 0.5) is 0 Å². The first-order chi connectivity index (χ1) is 24.1. The van der Waals surface area contributed by atoms with E-state index in [2.05, 4.69) is 111 Å². The summed E-state index contributed by atoms with van der Waals surface area (Å²) in [6.45, 7) is 9.29. The van der Waals surface area contributed by atoms with E-state index in [1.54, 1.807) is 11.1 Å². The van der Waals surface area contributed by atoms with Gasteiger partial charge in [0.05, 0.1) is 19.8 Å². The maximum Gasteiger partial charge on any atom is 0.241 e. The van der Waals surface area contributed by atoms with Crippen molar-refractivity contribution in [2.75, 3.05) is 45.9 Å². The van der Waals surface area contributed by atoms with E-state index in [4.69, 9.17) is 0 Å². The van der Waals surface area contributed by atoms with Crippen molar-refractivity contribution in [1.29, 1.82) is 0 Å². The van der Waals surface area contributed by atoms with Crippen LogP contribution in [-0.2, 0) is 42.6 Å². The number of nitrogens with one attached hydrogen (secondary N) is 7. The average Bonchev–Trinajstić information content (AvgIpc) is 3.84. The zero-order valence-electron chi connectivity index (χ0n) is 29.1. The number of quaternary nitrogens is 1. The van der Waals surface area contributed by atoms with Gasteiger partial charge in [-0.25, -0.2) is 0 Å². The molecule has 260 valence electrons. The third-order valence-electron chi connectivity index (χ3n) is 11.7. The smallest absolute Gasteiger partial charge is 0.241 e. The molecular weight excluding hydrogens is 606 g/mol. The van der Waals surface area contributed by atoms with E-state index in [0.717, 1.165) is 58.5 Å². The molecule has 8 nitrogen and oxygen atoms in total. The van der Waals surface area contributed by atoms with Crippen LogP contribution < -0.4 is 31.5 Å². The molecule has 1 amide bonds. The standard InChI is InChI=1S/C13H17N.C11H12N2.C9H11N.C8H15N3O/c1-2-4-12-11(3-1)5-6-13(12)7-9-14-10-8-13;1-2-4-10-8(3-1)9-5-6-12-7-11(9)13-10;1-2-4-9-7-10-6-5-8(9)3-1;1-11-4-2-8(3-5-11)7(12)9-6-10-8/h1-4,14H,5-10H2;1-4,12-13H,5-7H2;1-4,10H,5-7H2;10-11H,1-6H2,(H,9,12). The number of carbonyl (C=O) groups excluding carboxylic acids is 1. The summed E-state index contributed by atoms with van der Waals surface area (Å²) in [6.07, 6.45) is 9.53. The van der Waals surface area contributed by atoms with Crippen molar-refractivity contribution < 1.29 is 9.69 Å². The van der Waals surface area contributed by atoms with Crippen molar-refractivity contribution in [2.24, 2.45) is 0 Å². The Morgan fingerprint density at radius 1 is 0.653 bits per heavy atom. The molecule has 8 heteroatoms. The number of para-hydroxylation sites is 1. The minimum atomic E-state index is -0.249. The van der Waals surface area contributed by atoms with Crippen LogP contribution in [-0.4, -0.2) is 62.4 Å². The fourth-order valence-corrected chi connectivity index (χ4v) is 8.71. The van der Waals surface area contributed by atoms with Crippen LogP contribution in [0.1, 0.15) is 65.6 Å². The molecule has 3 fully saturated rings. The van der Waals surface area contributed by atoms with Crippen LogP contribution in [0, 0.1) is 7.05 Å². The maximum absolute atomic E-state index is 11.5. The van der Waals surface area contributed by atoms with Crippen molar-refractivity contribution in [3.05, 3.63) is 113 Å². The number of likely N-dealkylation sites (tertiary alicyclic amines) is 1. The second-order valence-corrected chi connectivity index (χ2v) is 14.6. The summed E-state index contributed by atoms with van der Waals surface area (Å²) < 4.78 is 0. The van der Waals surface area contributed by atoms with Gasteiger partial charge in [-0.2, -0.15) is 7.05 Å². The quantitative estimate of drug-likeness (QED) is 0.147. The van der Waals surface area contributed by atoms with Crippen LogP contribution in [0.15, 0.2) is 72.8 Å². The van der Waals surface area contributed by atoms with E-state index in [1.165, 1.54) is 83.4 Å². The highest BCUT2D eigenvalue weighted by atomic mass is 16.2. The summed E-state index contributed by atoms with van der Waals surface area (Å²) in [6, 6.07) is 26.2. The van der Waals surface area contributed by atoms with Gasteiger partial charge in [0.2, 0.25) is 5.91 Å². The molecule has 0 radical (unpaired) electrons. The SMILES string of the molecule is [CH2-][NH+]1CCC2(CC1)NCNC2=O.c1ccc2c(c1)CCC21CCNCC1.c1ccc2c(c1)CCNC2.c1ccc2c3c([nH]c2c1)CNCC3. The number of aromatic nitrogens is 1. The number of H-pyrrole nitrogens is 1. The number of hydrogen-bond acceptors (Lipinski definition) is 5. The van der Waals surface area contributed by atoms with Gasteiger partial charge in [0.1, 0.15) is 5.54 Å². The summed E-state index contributed by atoms with van der Waals surface area (Å²) in [4.78, 5) is 16.2. The molecule has 5 aliphatic heterocycles. The number of carbonyl (C=O) groups is 1. The van der Waals surface area contributed by atoms with Crippen molar-refractivity contribution in [1.82, 2.24) is 31.6 Å².